The van der Waals surface area contributed by atoms with Gasteiger partial charge in [0.2, 0.25) is 11.8 Å². The van der Waals surface area contributed by atoms with Gasteiger partial charge in [0.15, 0.2) is 10.3 Å². The summed E-state index contributed by atoms with van der Waals surface area (Å²) in [5.41, 5.74) is 15.6. The molecular weight excluding hydrogens is 450 g/mol. The zero-order chi connectivity index (χ0) is 22.6. The molecule has 0 spiro atoms. The smallest absolute Gasteiger partial charge is 0.251 e. The third-order valence-electron chi connectivity index (χ3n) is 3.98. The highest BCUT2D eigenvalue weighted by molar-refractivity contribution is 7.25. The quantitative estimate of drug-likeness (QED) is 0.379. The second-order valence-corrected chi connectivity index (χ2v) is 10.2. The van der Waals surface area contributed by atoms with Crippen molar-refractivity contribution in [1.29, 1.82) is 0 Å². The van der Waals surface area contributed by atoms with Gasteiger partial charge in [0.1, 0.15) is 11.0 Å². The molecule has 2 aromatic heterocycles. The Bertz CT molecular complexity index is 1120. The topological polar surface area (TPSA) is 179 Å². The van der Waals surface area contributed by atoms with Gasteiger partial charge in [-0.1, -0.05) is 34.3 Å². The minimum absolute atomic E-state index is 0.152. The summed E-state index contributed by atoms with van der Waals surface area (Å²) in [6.07, 6.45) is 0. The normalized spacial score (nSPS) is 12.4. The summed E-state index contributed by atoms with van der Waals surface area (Å²) in [4.78, 5) is 45.2. The summed E-state index contributed by atoms with van der Waals surface area (Å²) < 4.78 is 0.789. The molecule has 0 saturated heterocycles. The van der Waals surface area contributed by atoms with E-state index in [4.69, 9.17) is 28.8 Å². The van der Waals surface area contributed by atoms with Crippen LogP contribution >= 0.6 is 34.3 Å². The van der Waals surface area contributed by atoms with Crippen molar-refractivity contribution < 1.29 is 14.4 Å². The van der Waals surface area contributed by atoms with Crippen LogP contribution in [0.25, 0.3) is 20.4 Å². The Kier molecular flexibility index (Phi) is 5.50. The maximum atomic E-state index is 12.2. The van der Waals surface area contributed by atoms with Gasteiger partial charge in [0.05, 0.1) is 31.1 Å². The van der Waals surface area contributed by atoms with Gasteiger partial charge in [-0.25, -0.2) is 9.97 Å². The average Bonchev–Trinajstić information content (AvgIpc) is 3.17. The molecule has 3 amide bonds. The van der Waals surface area contributed by atoms with E-state index in [1.165, 1.54) is 0 Å². The number of nitrogens with two attached hydrogens (primary N) is 3. The van der Waals surface area contributed by atoms with Crippen molar-refractivity contribution in [2.24, 2.45) is 17.2 Å². The molecule has 8 N–H and O–H groups in total. The lowest BCUT2D eigenvalue weighted by atomic mass is 10.1. The summed E-state index contributed by atoms with van der Waals surface area (Å²) >= 11 is 8.57. The van der Waals surface area contributed by atoms with Crippen molar-refractivity contribution in [1.82, 2.24) is 9.97 Å². The number of hydrogen-bond acceptors (Lipinski definition) is 9. The number of amides is 3. The number of carbonyl (C=O) groups excluding carboxylic acids is 3. The van der Waals surface area contributed by atoms with Crippen molar-refractivity contribution in [2.45, 2.75) is 38.8 Å². The fourth-order valence-electron chi connectivity index (χ4n) is 2.34. The Labute approximate surface area is 184 Å². The number of anilines is 2. The second kappa shape index (κ2) is 7.39. The molecule has 0 saturated carbocycles. The lowest BCUT2D eigenvalue weighted by molar-refractivity contribution is -0.120. The van der Waals surface area contributed by atoms with Crippen LogP contribution in [0.5, 0.6) is 0 Å². The first-order valence-electron chi connectivity index (χ1n) is 8.63. The van der Waals surface area contributed by atoms with Gasteiger partial charge in [-0.15, -0.1) is 0 Å². The van der Waals surface area contributed by atoms with Crippen LogP contribution in [0.3, 0.4) is 0 Å². The van der Waals surface area contributed by atoms with Crippen molar-refractivity contribution >= 4 is 82.7 Å². The fourth-order valence-corrected chi connectivity index (χ4v) is 4.84. The van der Waals surface area contributed by atoms with E-state index in [0.29, 0.717) is 9.40 Å². The molecule has 0 unspecified atom stereocenters. The molecular formula is C17H20ClN7O3S2. The van der Waals surface area contributed by atoms with Gasteiger partial charge >= 0.3 is 0 Å². The maximum Gasteiger partial charge on any atom is 0.251 e. The molecule has 13 heteroatoms. The molecule has 0 bridgehead atoms. The van der Waals surface area contributed by atoms with E-state index in [2.05, 4.69) is 20.6 Å². The van der Waals surface area contributed by atoms with Gasteiger partial charge in [0, 0.05) is 0 Å². The van der Waals surface area contributed by atoms with Gasteiger partial charge in [-0.05, 0) is 27.7 Å². The molecule has 3 aromatic rings. The standard InChI is InChI=1S/C17H20ClN7O3S2/c1-16(2,20)12(27)24-14-22-7-6(18)8-10(5(11(19)26)9(7)29-14)30-15(23-8)25-13(28)17(3,4)21/h20-21H2,1-4H3,(H2,19,26)(H,22,24,27)(H,23,25,28). The van der Waals surface area contributed by atoms with E-state index < -0.39 is 28.8 Å². The van der Waals surface area contributed by atoms with Crippen LogP contribution < -0.4 is 27.8 Å². The molecule has 0 atom stereocenters. The number of aromatic nitrogens is 2. The van der Waals surface area contributed by atoms with Crippen LogP contribution in [0.15, 0.2) is 0 Å². The molecule has 3 rings (SSSR count). The van der Waals surface area contributed by atoms with Gasteiger partial charge in [-0.2, -0.15) is 0 Å². The predicted octanol–water partition coefficient (Wildman–Crippen LogP) is 2.01. The van der Waals surface area contributed by atoms with E-state index in [1.807, 2.05) is 0 Å². The minimum atomic E-state index is -1.13. The molecule has 30 heavy (non-hydrogen) atoms. The van der Waals surface area contributed by atoms with E-state index >= 15 is 0 Å². The molecule has 0 fully saturated rings. The zero-order valence-electron chi connectivity index (χ0n) is 16.5. The first-order valence-corrected chi connectivity index (χ1v) is 10.6. The lowest BCUT2D eigenvalue weighted by Gasteiger charge is -2.16. The first-order chi connectivity index (χ1) is 13.7. The molecule has 2 heterocycles. The predicted molar refractivity (Wildman–Crippen MR) is 120 cm³/mol. The van der Waals surface area contributed by atoms with Crippen molar-refractivity contribution in [3.63, 3.8) is 0 Å². The second-order valence-electron chi connectivity index (χ2n) is 7.80. The monoisotopic (exact) mass is 469 g/mol. The number of fused-ring (bicyclic) bond motifs is 2. The van der Waals surface area contributed by atoms with E-state index in [-0.39, 0.29) is 31.9 Å². The number of benzene rings is 1. The average molecular weight is 470 g/mol. The van der Waals surface area contributed by atoms with E-state index in [9.17, 15) is 14.4 Å². The largest absolute Gasteiger partial charge is 0.366 e. The van der Waals surface area contributed by atoms with Crippen molar-refractivity contribution in [3.05, 3.63) is 10.6 Å². The van der Waals surface area contributed by atoms with Crippen LogP contribution in [0.2, 0.25) is 5.02 Å². The Balaban J connectivity index is 2.16. The zero-order valence-corrected chi connectivity index (χ0v) is 18.9. The van der Waals surface area contributed by atoms with E-state index in [0.717, 1.165) is 22.7 Å². The highest BCUT2D eigenvalue weighted by Crippen LogP contribution is 2.43. The van der Waals surface area contributed by atoms with Crippen LogP contribution in [-0.2, 0) is 9.59 Å². The maximum absolute atomic E-state index is 12.2. The third-order valence-corrected chi connectivity index (χ3v) is 6.32. The van der Waals surface area contributed by atoms with Crippen molar-refractivity contribution in [2.75, 3.05) is 10.6 Å². The molecule has 0 radical (unpaired) electrons. The number of primary amides is 1. The Morgan fingerprint density at radius 1 is 0.867 bits per heavy atom. The number of halogens is 1. The van der Waals surface area contributed by atoms with Crippen LogP contribution in [-0.4, -0.2) is 38.8 Å². The number of rotatable bonds is 5. The molecule has 10 nitrogen and oxygen atoms in total. The SMILES string of the molecule is CC(C)(N)C(=O)Nc1nc2c(Cl)c3nc(NC(=O)C(C)(C)N)sc3c(C(N)=O)c2s1. The summed E-state index contributed by atoms with van der Waals surface area (Å²) in [6, 6.07) is 0. The fraction of sp³-hybridized carbons (Fsp3) is 0.353. The van der Waals surface area contributed by atoms with Crippen molar-refractivity contribution in [3.8, 4) is 0 Å². The Morgan fingerprint density at radius 2 is 1.23 bits per heavy atom. The number of carbonyl (C=O) groups is 3. The Morgan fingerprint density at radius 3 is 1.53 bits per heavy atom. The summed E-state index contributed by atoms with van der Waals surface area (Å²) in [7, 11) is 0. The minimum Gasteiger partial charge on any atom is -0.366 e. The molecule has 0 aliphatic carbocycles. The highest BCUT2D eigenvalue weighted by Gasteiger charge is 2.28. The summed E-state index contributed by atoms with van der Waals surface area (Å²) in [6.45, 7) is 6.21. The molecule has 160 valence electrons. The summed E-state index contributed by atoms with van der Waals surface area (Å²) in [5, 5.41) is 5.82. The highest BCUT2D eigenvalue weighted by atomic mass is 35.5. The number of nitrogens with one attached hydrogen (secondary N) is 2. The van der Waals surface area contributed by atoms with E-state index in [1.54, 1.807) is 27.7 Å². The Hall–Kier alpha value is -2.38. The molecule has 1 aromatic carbocycles. The van der Waals surface area contributed by atoms with Crippen LogP contribution in [0.1, 0.15) is 38.1 Å². The van der Waals surface area contributed by atoms with Gasteiger partial charge < -0.3 is 27.8 Å². The number of hydrogen-bond donors (Lipinski definition) is 5. The first kappa shape index (κ1) is 22.3. The molecule has 0 aliphatic rings. The number of nitrogens with zero attached hydrogens (tertiary/aromatic N) is 2. The van der Waals surface area contributed by atoms with Gasteiger partial charge in [-0.3, -0.25) is 14.4 Å². The summed E-state index contributed by atoms with van der Waals surface area (Å²) in [5.74, 6) is -1.62. The number of thiazole rings is 2. The van der Waals surface area contributed by atoms with Crippen LogP contribution in [0, 0.1) is 0 Å². The lowest BCUT2D eigenvalue weighted by Crippen LogP contribution is -2.45. The third kappa shape index (κ3) is 4.09. The van der Waals surface area contributed by atoms with Crippen LogP contribution in [0.4, 0.5) is 10.3 Å². The molecule has 0 aliphatic heterocycles. The van der Waals surface area contributed by atoms with Gasteiger partial charge in [0.25, 0.3) is 5.91 Å².